The Bertz CT molecular complexity index is 2020. The Balaban J connectivity index is 0.000000635. The third-order valence-electron chi connectivity index (χ3n) is 9.77. The molecule has 0 radical (unpaired) electrons. The van der Waals surface area contributed by atoms with Gasteiger partial charge >= 0.3 is 18.1 Å². The summed E-state index contributed by atoms with van der Waals surface area (Å²) in [6, 6.07) is 18.8. The number of carboxylic acids is 2. The Morgan fingerprint density at radius 3 is 1.86 bits per heavy atom. The standard InChI is InChI=1S/C37H40F4N4O2.C4H6O6/c1-3-43(4-2)22-23-44(24-27-8-13-28(14-9-27)29-15-17-30(18-16-29)37(39,40)41)35(46)25-45-33-7-5-6-32(33)36(47)42-34(45)21-12-26-10-19-31(38)20-11-26;5-1(3(7)8)2(6)4(9)10/h8-11,13-20H,3-7,12,21-25H2,1-2H3;1-2,5-6H,(H,7,8)(H,9,10). The fraction of sp³-hybridized carbons (Fsp3) is 0.390. The van der Waals surface area contributed by atoms with Crippen molar-refractivity contribution in [2.75, 3.05) is 26.2 Å². The minimum Gasteiger partial charge on any atom is -0.479 e. The molecule has 57 heavy (non-hydrogen) atoms. The highest BCUT2D eigenvalue weighted by Crippen LogP contribution is 2.31. The number of rotatable bonds is 16. The number of benzene rings is 3. The second-order valence-electron chi connectivity index (χ2n) is 13.5. The van der Waals surface area contributed by atoms with Gasteiger partial charge in [-0.25, -0.2) is 14.0 Å². The van der Waals surface area contributed by atoms with Crippen molar-refractivity contribution in [1.82, 2.24) is 19.4 Å². The van der Waals surface area contributed by atoms with Crippen molar-refractivity contribution in [3.63, 3.8) is 0 Å². The molecule has 1 aromatic heterocycles. The second-order valence-corrected chi connectivity index (χ2v) is 13.5. The molecule has 4 aromatic rings. The van der Waals surface area contributed by atoms with E-state index in [0.717, 1.165) is 54.0 Å². The van der Waals surface area contributed by atoms with E-state index in [1.807, 2.05) is 33.7 Å². The predicted octanol–water partition coefficient (Wildman–Crippen LogP) is 4.59. The molecule has 0 spiro atoms. The lowest BCUT2D eigenvalue weighted by Crippen LogP contribution is -2.40. The van der Waals surface area contributed by atoms with Crippen LogP contribution in [0.15, 0.2) is 77.6 Å². The SMILES string of the molecule is CCN(CC)CCN(Cc1ccc(-c2ccc(C(F)(F)F)cc2)cc1)C(=O)Cn1c(CCc2ccc(F)cc2)nc(=O)c2c1CCC2.O=C(O)C(O)C(O)C(=O)O. The molecule has 3 aromatic carbocycles. The van der Waals surface area contributed by atoms with E-state index in [4.69, 9.17) is 20.4 Å². The number of alkyl halides is 3. The van der Waals surface area contributed by atoms with Crippen LogP contribution in [0.25, 0.3) is 11.1 Å². The van der Waals surface area contributed by atoms with Gasteiger partial charge in [0.05, 0.1) is 5.56 Å². The number of nitrogens with zero attached hydrogens (tertiary/aromatic N) is 4. The number of carbonyl (C=O) groups excluding carboxylic acids is 1. The summed E-state index contributed by atoms with van der Waals surface area (Å²) in [6.45, 7) is 7.47. The topological polar surface area (TPSA) is 174 Å². The van der Waals surface area contributed by atoms with Crippen LogP contribution in [0, 0.1) is 5.82 Å². The highest BCUT2D eigenvalue weighted by atomic mass is 19.4. The predicted molar refractivity (Wildman–Crippen MR) is 202 cm³/mol. The summed E-state index contributed by atoms with van der Waals surface area (Å²) in [4.78, 5) is 55.1. The lowest BCUT2D eigenvalue weighted by atomic mass is 10.0. The van der Waals surface area contributed by atoms with Crippen molar-refractivity contribution in [3.8, 4) is 11.1 Å². The lowest BCUT2D eigenvalue weighted by molar-refractivity contribution is -0.165. The van der Waals surface area contributed by atoms with E-state index in [1.54, 1.807) is 12.1 Å². The van der Waals surface area contributed by atoms with E-state index in [2.05, 4.69) is 23.7 Å². The van der Waals surface area contributed by atoms with Crippen molar-refractivity contribution in [1.29, 1.82) is 0 Å². The van der Waals surface area contributed by atoms with Crippen LogP contribution < -0.4 is 5.56 Å². The first-order valence-corrected chi connectivity index (χ1v) is 18.5. The molecule has 306 valence electrons. The Labute approximate surface area is 326 Å². The highest BCUT2D eigenvalue weighted by Gasteiger charge is 2.31. The maximum absolute atomic E-state index is 14.1. The van der Waals surface area contributed by atoms with Crippen LogP contribution in [0.4, 0.5) is 17.6 Å². The van der Waals surface area contributed by atoms with E-state index in [9.17, 15) is 36.7 Å². The molecule has 2 unspecified atom stereocenters. The van der Waals surface area contributed by atoms with Crippen molar-refractivity contribution in [2.24, 2.45) is 0 Å². The number of aliphatic hydroxyl groups is 2. The molecular formula is C41H46F4N4O8. The molecule has 12 nitrogen and oxygen atoms in total. The van der Waals surface area contributed by atoms with Crippen molar-refractivity contribution in [2.45, 2.75) is 77.4 Å². The summed E-state index contributed by atoms with van der Waals surface area (Å²) in [7, 11) is 0. The number of likely N-dealkylation sites (N-methyl/N-ethyl adjacent to an activating group) is 1. The first-order valence-electron chi connectivity index (χ1n) is 18.5. The Hall–Kier alpha value is -5.45. The van der Waals surface area contributed by atoms with Gasteiger partial charge in [0.15, 0.2) is 12.2 Å². The normalized spacial score (nSPS) is 13.4. The number of carbonyl (C=O) groups is 3. The first-order chi connectivity index (χ1) is 27.0. The largest absolute Gasteiger partial charge is 0.479 e. The minimum absolute atomic E-state index is 0.0518. The molecule has 0 aliphatic heterocycles. The van der Waals surface area contributed by atoms with Gasteiger partial charge in [-0.3, -0.25) is 9.59 Å². The van der Waals surface area contributed by atoms with Gasteiger partial charge in [0.2, 0.25) is 5.91 Å². The van der Waals surface area contributed by atoms with Crippen molar-refractivity contribution in [3.05, 3.63) is 123 Å². The fourth-order valence-electron chi connectivity index (χ4n) is 6.42. The molecule has 1 heterocycles. The molecule has 16 heteroatoms. The quantitative estimate of drug-likeness (QED) is 0.118. The summed E-state index contributed by atoms with van der Waals surface area (Å²) < 4.78 is 54.4. The van der Waals surface area contributed by atoms with Gasteiger partial charge in [-0.1, -0.05) is 62.4 Å². The molecule has 5 rings (SSSR count). The number of carboxylic acid groups (broad SMARTS) is 2. The minimum atomic E-state index is -4.39. The maximum atomic E-state index is 14.1. The second kappa shape index (κ2) is 20.1. The fourth-order valence-corrected chi connectivity index (χ4v) is 6.42. The average molecular weight is 799 g/mol. The van der Waals surface area contributed by atoms with Crippen LogP contribution in [-0.2, 0) is 59.3 Å². The third kappa shape index (κ3) is 12.3. The van der Waals surface area contributed by atoms with Crippen LogP contribution in [0.2, 0.25) is 0 Å². The molecule has 1 aliphatic carbocycles. The number of amides is 1. The molecule has 1 amide bonds. The molecule has 1 aliphatic rings. The number of aliphatic carboxylic acids is 2. The van der Waals surface area contributed by atoms with Crippen LogP contribution in [0.5, 0.6) is 0 Å². The van der Waals surface area contributed by atoms with E-state index >= 15 is 0 Å². The van der Waals surface area contributed by atoms with E-state index in [0.29, 0.717) is 62.3 Å². The van der Waals surface area contributed by atoms with Gasteiger partial charge in [0, 0.05) is 37.3 Å². The van der Waals surface area contributed by atoms with Crippen molar-refractivity contribution >= 4 is 17.8 Å². The van der Waals surface area contributed by atoms with Gasteiger partial charge in [-0.2, -0.15) is 18.2 Å². The van der Waals surface area contributed by atoms with Gasteiger partial charge in [0.25, 0.3) is 5.56 Å². The smallest absolute Gasteiger partial charge is 0.416 e. The summed E-state index contributed by atoms with van der Waals surface area (Å²) >= 11 is 0. The number of hydrogen-bond donors (Lipinski definition) is 4. The number of hydrogen-bond acceptors (Lipinski definition) is 8. The van der Waals surface area contributed by atoms with E-state index in [1.165, 1.54) is 24.3 Å². The number of halogens is 4. The van der Waals surface area contributed by atoms with E-state index in [-0.39, 0.29) is 23.8 Å². The van der Waals surface area contributed by atoms with Crippen LogP contribution in [0.1, 0.15) is 54.0 Å². The maximum Gasteiger partial charge on any atom is 0.416 e. The molecule has 0 saturated carbocycles. The summed E-state index contributed by atoms with van der Waals surface area (Å²) in [5.74, 6) is -3.39. The Morgan fingerprint density at radius 2 is 1.33 bits per heavy atom. The van der Waals surface area contributed by atoms with Gasteiger partial charge in [-0.15, -0.1) is 0 Å². The zero-order valence-electron chi connectivity index (χ0n) is 31.6. The third-order valence-corrected chi connectivity index (χ3v) is 9.77. The number of aromatic nitrogens is 2. The summed E-state index contributed by atoms with van der Waals surface area (Å²) in [5, 5.41) is 32.5. The lowest BCUT2D eigenvalue weighted by Gasteiger charge is -2.28. The Kier molecular flexibility index (Phi) is 15.6. The molecule has 0 fully saturated rings. The molecule has 0 saturated heterocycles. The van der Waals surface area contributed by atoms with Gasteiger partial charge < -0.3 is 34.8 Å². The monoisotopic (exact) mass is 798 g/mol. The highest BCUT2D eigenvalue weighted by molar-refractivity contribution is 5.83. The van der Waals surface area contributed by atoms with Gasteiger partial charge in [0.1, 0.15) is 18.2 Å². The number of aliphatic hydroxyl groups excluding tert-OH is 2. The van der Waals surface area contributed by atoms with Crippen LogP contribution >= 0.6 is 0 Å². The Morgan fingerprint density at radius 1 is 0.789 bits per heavy atom. The van der Waals surface area contributed by atoms with E-state index < -0.39 is 35.9 Å². The summed E-state index contributed by atoms with van der Waals surface area (Å²) in [5.41, 5.74) is 3.89. The average Bonchev–Trinajstić information content (AvgIpc) is 3.69. The molecule has 0 bridgehead atoms. The van der Waals surface area contributed by atoms with Crippen LogP contribution in [0.3, 0.4) is 0 Å². The zero-order chi connectivity index (χ0) is 41.9. The summed E-state index contributed by atoms with van der Waals surface area (Å²) in [6.07, 6.45) is -5.76. The molecule has 4 N–H and O–H groups in total. The number of aryl methyl sites for hydroxylation is 2. The number of fused-ring (bicyclic) bond motifs is 1. The first kappa shape index (κ1) is 44.3. The molecular weight excluding hydrogens is 752 g/mol. The molecule has 2 atom stereocenters. The zero-order valence-corrected chi connectivity index (χ0v) is 31.6. The van der Waals surface area contributed by atoms with Crippen molar-refractivity contribution < 1.29 is 52.4 Å². The van der Waals surface area contributed by atoms with Crippen LogP contribution in [-0.4, -0.2) is 96.0 Å². The van der Waals surface area contributed by atoms with Gasteiger partial charge in [-0.05, 0) is 85.3 Å².